The summed E-state index contributed by atoms with van der Waals surface area (Å²) in [6.07, 6.45) is -4.63. The maximum Gasteiger partial charge on any atom is 0.416 e. The smallest absolute Gasteiger partial charge is 0.416 e. The minimum Gasteiger partial charge on any atom is -0.507 e. The summed E-state index contributed by atoms with van der Waals surface area (Å²) in [5.41, 5.74) is -1.25. The lowest BCUT2D eigenvalue weighted by atomic mass is 10.1. The van der Waals surface area contributed by atoms with Crippen molar-refractivity contribution in [1.29, 1.82) is 0 Å². The van der Waals surface area contributed by atoms with Crippen LogP contribution in [0, 0.1) is 0 Å². The Morgan fingerprint density at radius 3 is 2.25 bits per heavy atom. The summed E-state index contributed by atoms with van der Waals surface area (Å²) in [5, 5.41) is 14.2. The van der Waals surface area contributed by atoms with E-state index in [9.17, 15) is 23.1 Å². The molecule has 4 aromatic rings. The monoisotopic (exact) mass is 457 g/mol. The number of alkyl halides is 3. The Kier molecular flexibility index (Phi) is 5.67. The molecule has 32 heavy (non-hydrogen) atoms. The number of benzene rings is 4. The molecule has 0 aliphatic carbocycles. The lowest BCUT2D eigenvalue weighted by Gasteiger charge is -2.17. The average Bonchev–Trinajstić information content (AvgIpc) is 2.76. The molecule has 0 aliphatic heterocycles. The van der Waals surface area contributed by atoms with Gasteiger partial charge in [-0.15, -0.1) is 0 Å². The van der Waals surface area contributed by atoms with Crippen LogP contribution in [0.1, 0.15) is 15.9 Å². The molecule has 0 radical (unpaired) electrons. The average molecular weight is 458 g/mol. The molecule has 1 amide bonds. The van der Waals surface area contributed by atoms with Gasteiger partial charge in [0.1, 0.15) is 11.5 Å². The van der Waals surface area contributed by atoms with Crippen LogP contribution in [0.4, 0.5) is 18.9 Å². The van der Waals surface area contributed by atoms with Crippen LogP contribution in [-0.2, 0) is 6.18 Å². The van der Waals surface area contributed by atoms with Gasteiger partial charge in [0.05, 0.1) is 16.8 Å². The van der Waals surface area contributed by atoms with E-state index in [4.69, 9.17) is 16.3 Å². The molecule has 0 spiro atoms. The molecule has 0 fully saturated rings. The third-order valence-corrected chi connectivity index (χ3v) is 5.08. The molecule has 4 rings (SSSR count). The summed E-state index contributed by atoms with van der Waals surface area (Å²) in [5.74, 6) is -0.742. The summed E-state index contributed by atoms with van der Waals surface area (Å²) in [6.45, 7) is 0. The van der Waals surface area contributed by atoms with Crippen molar-refractivity contribution in [2.75, 3.05) is 5.32 Å². The van der Waals surface area contributed by atoms with Crippen molar-refractivity contribution in [1.82, 2.24) is 0 Å². The molecular weight excluding hydrogens is 443 g/mol. The molecule has 8 heteroatoms. The SMILES string of the molecule is O=C(Nc1cc(C(F)(F)F)ccc1Oc1ccc(Cl)c2ccccc12)c1ccccc1O. The van der Waals surface area contributed by atoms with E-state index >= 15 is 0 Å². The number of rotatable bonds is 4. The maximum absolute atomic E-state index is 13.3. The van der Waals surface area contributed by atoms with E-state index in [1.807, 2.05) is 0 Å². The van der Waals surface area contributed by atoms with E-state index in [1.54, 1.807) is 36.4 Å². The van der Waals surface area contributed by atoms with Crippen molar-refractivity contribution < 1.29 is 27.8 Å². The van der Waals surface area contributed by atoms with Gasteiger partial charge in [-0.2, -0.15) is 13.2 Å². The van der Waals surface area contributed by atoms with Gasteiger partial charge >= 0.3 is 6.18 Å². The van der Waals surface area contributed by atoms with Crippen LogP contribution in [-0.4, -0.2) is 11.0 Å². The highest BCUT2D eigenvalue weighted by Crippen LogP contribution is 2.40. The van der Waals surface area contributed by atoms with E-state index < -0.39 is 17.6 Å². The first kappa shape index (κ1) is 21.5. The predicted octanol–water partition coefficient (Wildman–Crippen LogP) is 7.26. The number of phenols is 1. The van der Waals surface area contributed by atoms with Crippen LogP contribution in [0.3, 0.4) is 0 Å². The minimum absolute atomic E-state index is 0.00533. The van der Waals surface area contributed by atoms with Crippen LogP contribution in [0.15, 0.2) is 78.9 Å². The fourth-order valence-corrected chi connectivity index (χ4v) is 3.42. The highest BCUT2D eigenvalue weighted by Gasteiger charge is 2.31. The van der Waals surface area contributed by atoms with Crippen molar-refractivity contribution in [2.45, 2.75) is 6.18 Å². The first-order chi connectivity index (χ1) is 15.2. The second kappa shape index (κ2) is 8.43. The molecule has 0 heterocycles. The Morgan fingerprint density at radius 2 is 1.53 bits per heavy atom. The first-order valence-corrected chi connectivity index (χ1v) is 9.77. The highest BCUT2D eigenvalue weighted by atomic mass is 35.5. The normalized spacial score (nSPS) is 11.4. The van der Waals surface area contributed by atoms with Gasteiger partial charge in [-0.05, 0) is 42.5 Å². The van der Waals surface area contributed by atoms with E-state index in [2.05, 4.69) is 5.32 Å². The number of ether oxygens (including phenoxy) is 1. The van der Waals surface area contributed by atoms with E-state index in [0.717, 1.165) is 18.2 Å². The molecule has 0 bridgehead atoms. The number of aromatic hydroxyl groups is 1. The summed E-state index contributed by atoms with van der Waals surface area (Å²) in [7, 11) is 0. The zero-order valence-electron chi connectivity index (χ0n) is 16.3. The van der Waals surface area contributed by atoms with Gasteiger partial charge in [0.2, 0.25) is 0 Å². The van der Waals surface area contributed by atoms with Gasteiger partial charge in [0, 0.05) is 15.8 Å². The Bertz CT molecular complexity index is 1320. The predicted molar refractivity (Wildman–Crippen MR) is 117 cm³/mol. The molecule has 4 nitrogen and oxygen atoms in total. The molecule has 0 aliphatic rings. The Balaban J connectivity index is 1.77. The third-order valence-electron chi connectivity index (χ3n) is 4.75. The fourth-order valence-electron chi connectivity index (χ4n) is 3.19. The van der Waals surface area contributed by atoms with Crippen molar-refractivity contribution in [3.8, 4) is 17.2 Å². The Morgan fingerprint density at radius 1 is 0.875 bits per heavy atom. The molecule has 0 aromatic heterocycles. The van der Waals surface area contributed by atoms with Gasteiger partial charge in [0.15, 0.2) is 5.75 Å². The quantitative estimate of drug-likeness (QED) is 0.339. The lowest BCUT2D eigenvalue weighted by molar-refractivity contribution is -0.137. The van der Waals surface area contributed by atoms with Crippen molar-refractivity contribution in [3.05, 3.63) is 95.0 Å². The van der Waals surface area contributed by atoms with E-state index in [1.165, 1.54) is 24.3 Å². The lowest BCUT2D eigenvalue weighted by Crippen LogP contribution is -2.14. The van der Waals surface area contributed by atoms with Gasteiger partial charge in [-0.3, -0.25) is 4.79 Å². The molecule has 0 atom stereocenters. The molecular formula is C24H15ClF3NO3. The molecule has 162 valence electrons. The number of amides is 1. The number of carbonyl (C=O) groups excluding carboxylic acids is 1. The molecule has 0 saturated carbocycles. The summed E-state index contributed by atoms with van der Waals surface area (Å²) >= 11 is 6.22. The fraction of sp³-hybridized carbons (Fsp3) is 0.0417. The number of nitrogens with one attached hydrogen (secondary N) is 1. The van der Waals surface area contributed by atoms with Crippen LogP contribution in [0.25, 0.3) is 10.8 Å². The number of fused-ring (bicyclic) bond motifs is 1. The standard InChI is InChI=1S/C24H15ClF3NO3/c25-18-10-12-21(16-6-2-1-5-15(16)18)32-22-11-9-14(24(26,27)28)13-19(22)29-23(31)17-7-3-4-8-20(17)30/h1-13,30H,(H,29,31). The Hall–Kier alpha value is -3.71. The number of para-hydroxylation sites is 1. The zero-order chi connectivity index (χ0) is 22.9. The highest BCUT2D eigenvalue weighted by molar-refractivity contribution is 6.35. The van der Waals surface area contributed by atoms with Gasteiger partial charge in [-0.25, -0.2) is 0 Å². The van der Waals surface area contributed by atoms with Crippen LogP contribution >= 0.6 is 11.6 Å². The third kappa shape index (κ3) is 4.33. The molecule has 2 N–H and O–H groups in total. The second-order valence-corrected chi connectivity index (χ2v) is 7.28. The van der Waals surface area contributed by atoms with Crippen LogP contribution in [0.2, 0.25) is 5.02 Å². The maximum atomic E-state index is 13.3. The molecule has 4 aromatic carbocycles. The molecule has 0 unspecified atom stereocenters. The van der Waals surface area contributed by atoms with E-state index in [0.29, 0.717) is 21.5 Å². The largest absolute Gasteiger partial charge is 0.507 e. The summed E-state index contributed by atoms with van der Waals surface area (Å²) in [4.78, 5) is 12.6. The number of anilines is 1. The van der Waals surface area contributed by atoms with Gasteiger partial charge < -0.3 is 15.2 Å². The Labute approximate surface area is 185 Å². The number of phenolic OH excluding ortho intramolecular Hbond substituents is 1. The zero-order valence-corrected chi connectivity index (χ0v) is 17.0. The second-order valence-electron chi connectivity index (χ2n) is 6.87. The number of hydrogen-bond donors (Lipinski definition) is 2. The van der Waals surface area contributed by atoms with E-state index in [-0.39, 0.29) is 22.7 Å². The van der Waals surface area contributed by atoms with Crippen LogP contribution < -0.4 is 10.1 Å². The first-order valence-electron chi connectivity index (χ1n) is 9.40. The summed E-state index contributed by atoms with van der Waals surface area (Å²) in [6, 6.07) is 18.8. The van der Waals surface area contributed by atoms with Crippen molar-refractivity contribution >= 4 is 34.0 Å². The molecule has 0 saturated heterocycles. The van der Waals surface area contributed by atoms with Gasteiger partial charge in [-0.1, -0.05) is 48.0 Å². The van der Waals surface area contributed by atoms with Gasteiger partial charge in [0.25, 0.3) is 5.91 Å². The van der Waals surface area contributed by atoms with Crippen molar-refractivity contribution in [2.24, 2.45) is 0 Å². The number of halogens is 4. The topological polar surface area (TPSA) is 58.6 Å². The van der Waals surface area contributed by atoms with Crippen LogP contribution in [0.5, 0.6) is 17.2 Å². The van der Waals surface area contributed by atoms with Crippen molar-refractivity contribution in [3.63, 3.8) is 0 Å². The minimum atomic E-state index is -4.63. The number of carbonyl (C=O) groups is 1. The summed E-state index contributed by atoms with van der Waals surface area (Å²) < 4.78 is 45.8. The number of hydrogen-bond acceptors (Lipinski definition) is 3.